The van der Waals surface area contributed by atoms with Gasteiger partial charge in [-0.1, -0.05) is 0 Å². The smallest absolute Gasteiger partial charge is 0.348 e. The zero-order valence-electron chi connectivity index (χ0n) is 15.5. The Kier molecular flexibility index (Phi) is 7.13. The summed E-state index contributed by atoms with van der Waals surface area (Å²) >= 11 is 0. The second-order valence-electron chi connectivity index (χ2n) is 5.82. The average Bonchev–Trinajstić information content (AvgIpc) is 3.16. The van der Waals surface area contributed by atoms with Crippen LogP contribution in [-0.2, 0) is 23.9 Å². The molecule has 2 aromatic heterocycles. The van der Waals surface area contributed by atoms with Gasteiger partial charge in [-0.15, -0.1) is 17.5 Å². The topological polar surface area (TPSA) is 133 Å². The lowest BCUT2D eigenvalue weighted by Gasteiger charge is -2.33. The lowest BCUT2D eigenvalue weighted by atomic mass is 10.1. The van der Waals surface area contributed by atoms with E-state index in [1.165, 1.54) is 16.7 Å². The first-order valence-electron chi connectivity index (χ1n) is 8.30. The molecule has 12 heteroatoms. The van der Waals surface area contributed by atoms with Gasteiger partial charge in [0.2, 0.25) is 12.0 Å². The Labute approximate surface area is 171 Å². The maximum Gasteiger partial charge on any atom is 0.348 e. The zero-order chi connectivity index (χ0) is 20.3. The molecule has 0 radical (unpaired) electrons. The number of carboxylic acid groups (broad SMARTS) is 1. The molecule has 1 unspecified atom stereocenters. The minimum atomic E-state index is -1.74. The number of esters is 1. The SMILES string of the molecule is COc1cc(-n2ccc(N3CCOC([C@@H](OC(C)=O)C(=O)O)C3=O)n2)ccn1.Cl. The second-order valence-corrected chi connectivity index (χ2v) is 5.82. The minimum absolute atomic E-state index is 0. The monoisotopic (exact) mass is 426 g/mol. The van der Waals surface area contributed by atoms with Crippen molar-refractivity contribution < 1.29 is 33.7 Å². The quantitative estimate of drug-likeness (QED) is 0.653. The molecule has 0 bridgehead atoms. The van der Waals surface area contributed by atoms with Gasteiger partial charge in [0.25, 0.3) is 5.91 Å². The number of aliphatic carboxylic acids is 1. The normalized spacial score (nSPS) is 17.2. The summed E-state index contributed by atoms with van der Waals surface area (Å²) in [7, 11) is 1.50. The molecule has 1 N–H and O–H groups in total. The van der Waals surface area contributed by atoms with Gasteiger partial charge in [0.05, 0.1) is 25.9 Å². The molecule has 11 nitrogen and oxygen atoms in total. The molecule has 0 aromatic carbocycles. The van der Waals surface area contributed by atoms with Crippen LogP contribution in [0.5, 0.6) is 5.88 Å². The van der Waals surface area contributed by atoms with E-state index in [1.54, 1.807) is 30.6 Å². The highest BCUT2D eigenvalue weighted by molar-refractivity contribution is 5.99. The molecule has 1 amide bonds. The average molecular weight is 427 g/mol. The van der Waals surface area contributed by atoms with Crippen LogP contribution in [0.15, 0.2) is 30.6 Å². The fourth-order valence-electron chi connectivity index (χ4n) is 2.73. The summed E-state index contributed by atoms with van der Waals surface area (Å²) in [6.07, 6.45) is 0.00518. The number of methoxy groups -OCH3 is 1. The Balaban J connectivity index is 0.00000300. The Hall–Kier alpha value is -3.18. The van der Waals surface area contributed by atoms with Crippen molar-refractivity contribution in [2.75, 3.05) is 25.2 Å². The first kappa shape index (κ1) is 22.1. The molecule has 1 aliphatic rings. The van der Waals surface area contributed by atoms with Gasteiger partial charge in [-0.25, -0.2) is 14.5 Å². The number of ether oxygens (including phenoxy) is 3. The summed E-state index contributed by atoms with van der Waals surface area (Å²) < 4.78 is 16.6. The third kappa shape index (κ3) is 4.81. The summed E-state index contributed by atoms with van der Waals surface area (Å²) in [4.78, 5) is 40.7. The molecular weight excluding hydrogens is 408 g/mol. The van der Waals surface area contributed by atoms with Crippen molar-refractivity contribution in [2.45, 2.75) is 19.1 Å². The van der Waals surface area contributed by atoms with Crippen molar-refractivity contribution >= 4 is 36.1 Å². The summed E-state index contributed by atoms with van der Waals surface area (Å²) in [5, 5.41) is 13.6. The Morgan fingerprint density at radius 1 is 1.38 bits per heavy atom. The van der Waals surface area contributed by atoms with Crippen molar-refractivity contribution in [3.63, 3.8) is 0 Å². The molecule has 1 aliphatic heterocycles. The first-order chi connectivity index (χ1) is 13.4. The molecule has 1 saturated heterocycles. The van der Waals surface area contributed by atoms with Crippen LogP contribution in [0.1, 0.15) is 6.92 Å². The van der Waals surface area contributed by atoms with Crippen LogP contribution in [0.3, 0.4) is 0 Å². The van der Waals surface area contributed by atoms with E-state index in [9.17, 15) is 19.5 Å². The number of amides is 1. The molecule has 29 heavy (non-hydrogen) atoms. The van der Waals surface area contributed by atoms with Crippen LogP contribution in [0.25, 0.3) is 5.69 Å². The Bertz CT molecular complexity index is 903. The van der Waals surface area contributed by atoms with E-state index in [2.05, 4.69) is 10.1 Å². The maximum atomic E-state index is 12.8. The molecule has 2 aromatic rings. The lowest BCUT2D eigenvalue weighted by Crippen LogP contribution is -2.55. The number of anilines is 1. The van der Waals surface area contributed by atoms with Gasteiger partial charge in [0.1, 0.15) is 0 Å². The van der Waals surface area contributed by atoms with Gasteiger partial charge in [-0.05, 0) is 6.07 Å². The number of carbonyl (C=O) groups is 3. The molecule has 1 fully saturated rings. The van der Waals surface area contributed by atoms with Gasteiger partial charge >= 0.3 is 11.9 Å². The van der Waals surface area contributed by atoms with Crippen molar-refractivity contribution in [3.8, 4) is 11.6 Å². The van der Waals surface area contributed by atoms with E-state index >= 15 is 0 Å². The van der Waals surface area contributed by atoms with E-state index in [-0.39, 0.29) is 25.6 Å². The van der Waals surface area contributed by atoms with Crippen molar-refractivity contribution in [1.29, 1.82) is 0 Å². The molecule has 0 saturated carbocycles. The van der Waals surface area contributed by atoms with Crippen molar-refractivity contribution in [2.24, 2.45) is 0 Å². The van der Waals surface area contributed by atoms with Gasteiger partial charge in [-0.2, -0.15) is 0 Å². The number of carbonyl (C=O) groups excluding carboxylic acids is 2. The molecular formula is C17H19ClN4O7. The maximum absolute atomic E-state index is 12.8. The van der Waals surface area contributed by atoms with Crippen molar-refractivity contribution in [1.82, 2.24) is 14.8 Å². The summed E-state index contributed by atoms with van der Waals surface area (Å²) in [5.41, 5.74) is 0.665. The lowest BCUT2D eigenvalue weighted by molar-refractivity contribution is -0.177. The second kappa shape index (κ2) is 9.34. The predicted molar refractivity (Wildman–Crippen MR) is 100 cm³/mol. The van der Waals surface area contributed by atoms with Crippen LogP contribution in [-0.4, -0.2) is 70.2 Å². The van der Waals surface area contributed by atoms with Gasteiger partial charge in [0, 0.05) is 31.5 Å². The van der Waals surface area contributed by atoms with E-state index in [0.29, 0.717) is 17.4 Å². The number of morpholine rings is 1. The summed E-state index contributed by atoms with van der Waals surface area (Å²) in [6, 6.07) is 4.99. The van der Waals surface area contributed by atoms with E-state index in [0.717, 1.165) is 6.92 Å². The Morgan fingerprint density at radius 3 is 2.79 bits per heavy atom. The third-order valence-electron chi connectivity index (χ3n) is 3.98. The minimum Gasteiger partial charge on any atom is -0.481 e. The van der Waals surface area contributed by atoms with Crippen LogP contribution < -0.4 is 9.64 Å². The fraction of sp³-hybridized carbons (Fsp3) is 0.353. The largest absolute Gasteiger partial charge is 0.481 e. The van der Waals surface area contributed by atoms with E-state index in [4.69, 9.17) is 14.2 Å². The molecule has 2 atom stereocenters. The van der Waals surface area contributed by atoms with Crippen LogP contribution in [0.2, 0.25) is 0 Å². The van der Waals surface area contributed by atoms with Gasteiger partial charge < -0.3 is 19.3 Å². The summed E-state index contributed by atoms with van der Waals surface area (Å²) in [5.74, 6) is -2.23. The number of pyridine rings is 1. The molecule has 0 aliphatic carbocycles. The van der Waals surface area contributed by atoms with Crippen LogP contribution in [0.4, 0.5) is 5.82 Å². The number of carboxylic acids is 1. The number of hydrogen-bond donors (Lipinski definition) is 1. The van der Waals surface area contributed by atoms with Gasteiger partial charge in [-0.3, -0.25) is 14.5 Å². The molecule has 3 heterocycles. The van der Waals surface area contributed by atoms with Gasteiger partial charge in [0.15, 0.2) is 11.9 Å². The number of rotatable bonds is 6. The zero-order valence-corrected chi connectivity index (χ0v) is 16.4. The van der Waals surface area contributed by atoms with Crippen LogP contribution >= 0.6 is 12.4 Å². The third-order valence-corrected chi connectivity index (χ3v) is 3.98. The highest BCUT2D eigenvalue weighted by Crippen LogP contribution is 2.22. The number of aromatic nitrogens is 3. The van der Waals surface area contributed by atoms with Crippen LogP contribution in [0, 0.1) is 0 Å². The number of halogens is 1. The van der Waals surface area contributed by atoms with Crippen molar-refractivity contribution in [3.05, 3.63) is 30.6 Å². The van der Waals surface area contributed by atoms with E-state index < -0.39 is 30.1 Å². The van der Waals surface area contributed by atoms with E-state index in [1.807, 2.05) is 0 Å². The number of hydrogen-bond acceptors (Lipinski definition) is 8. The molecule has 0 spiro atoms. The summed E-state index contributed by atoms with van der Waals surface area (Å²) in [6.45, 7) is 1.31. The predicted octanol–water partition coefficient (Wildman–Crippen LogP) is 0.446. The molecule has 156 valence electrons. The molecule has 3 rings (SSSR count). The first-order valence-corrected chi connectivity index (χ1v) is 8.30. The Morgan fingerprint density at radius 2 is 2.14 bits per heavy atom. The standard InChI is InChI=1S/C17H18N4O7.ClH/c1-10(22)28-15(17(24)25)14-16(23)20(7-8-27-14)12-4-6-21(19-12)11-3-5-18-13(9-11)26-2;/h3-6,9,14-15H,7-8H2,1-2H3,(H,24,25);1H/t14?,15-;/m1./s1. The number of nitrogens with zero attached hydrogens (tertiary/aromatic N) is 4. The highest BCUT2D eigenvalue weighted by atomic mass is 35.5. The highest BCUT2D eigenvalue weighted by Gasteiger charge is 2.43. The fourth-order valence-corrected chi connectivity index (χ4v) is 2.73.